The molecule has 0 saturated carbocycles. The maximum atomic E-state index is 13.6. The topological polar surface area (TPSA) is 54.2 Å². The van der Waals surface area contributed by atoms with Crippen molar-refractivity contribution in [2.75, 3.05) is 13.1 Å². The first-order chi connectivity index (χ1) is 16.2. The first-order valence-electron chi connectivity index (χ1n) is 11.4. The van der Waals surface area contributed by atoms with Crippen LogP contribution in [0.3, 0.4) is 0 Å². The summed E-state index contributed by atoms with van der Waals surface area (Å²) in [6, 6.07) is 26.8. The average molecular weight is 443 g/mol. The van der Waals surface area contributed by atoms with Crippen LogP contribution in [0.4, 0.5) is 4.39 Å². The molecule has 0 spiro atoms. The highest BCUT2D eigenvalue weighted by molar-refractivity contribution is 5.51. The van der Waals surface area contributed by atoms with Gasteiger partial charge in [-0.2, -0.15) is 0 Å². The zero-order valence-electron chi connectivity index (χ0n) is 18.4. The van der Waals surface area contributed by atoms with E-state index >= 15 is 0 Å². The summed E-state index contributed by atoms with van der Waals surface area (Å²) in [5.74, 6) is 0.714. The Morgan fingerprint density at radius 3 is 2.24 bits per heavy atom. The highest BCUT2D eigenvalue weighted by Gasteiger charge is 2.27. The zero-order valence-corrected chi connectivity index (χ0v) is 18.4. The smallest absolute Gasteiger partial charge is 0.247 e. The second kappa shape index (κ2) is 10.1. The lowest BCUT2D eigenvalue weighted by atomic mass is 10.00. The molecule has 5 rings (SSSR count). The highest BCUT2D eigenvalue weighted by atomic mass is 19.1. The number of halogens is 1. The molecule has 1 aliphatic heterocycles. The van der Waals surface area contributed by atoms with E-state index in [1.807, 2.05) is 30.3 Å². The predicted octanol–water partition coefficient (Wildman–Crippen LogP) is 5.22. The number of nitrogens with zero attached hydrogens (tertiary/aromatic N) is 3. The van der Waals surface area contributed by atoms with E-state index in [0.717, 1.165) is 43.6 Å². The van der Waals surface area contributed by atoms with Crippen molar-refractivity contribution in [3.63, 3.8) is 0 Å². The number of rotatable bonds is 7. The number of nitrogens with one attached hydrogen (secondary N) is 1. The van der Waals surface area contributed by atoms with Gasteiger partial charge in [-0.25, -0.2) is 4.39 Å². The van der Waals surface area contributed by atoms with Gasteiger partial charge in [0.05, 0.1) is 0 Å². The largest absolute Gasteiger partial charge is 0.419 e. The molecule has 0 radical (unpaired) electrons. The number of aromatic nitrogens is 2. The molecule has 1 aliphatic rings. The minimum absolute atomic E-state index is 0.262. The minimum atomic E-state index is -0.291. The molecule has 168 valence electrons. The summed E-state index contributed by atoms with van der Waals surface area (Å²) in [4.78, 5) is 2.49. The summed E-state index contributed by atoms with van der Waals surface area (Å²) < 4.78 is 19.7. The SMILES string of the molecule is Fc1ccc([C@H](NC2CCN(Cc3ccccc3)CC2)c2nnc(-c3ccccc3)o2)cc1. The van der Waals surface area contributed by atoms with Gasteiger partial charge in [0, 0.05) is 18.2 Å². The Labute approximate surface area is 193 Å². The molecule has 6 heteroatoms. The molecule has 1 atom stereocenters. The molecule has 1 fully saturated rings. The van der Waals surface area contributed by atoms with Crippen LogP contribution in [0.25, 0.3) is 11.5 Å². The van der Waals surface area contributed by atoms with Gasteiger partial charge in [-0.05, 0) is 61.3 Å². The summed E-state index contributed by atoms with van der Waals surface area (Å²) in [5, 5.41) is 12.3. The fourth-order valence-electron chi connectivity index (χ4n) is 4.35. The fraction of sp³-hybridized carbons (Fsp3) is 0.259. The van der Waals surface area contributed by atoms with E-state index in [-0.39, 0.29) is 11.9 Å². The second-order valence-electron chi connectivity index (χ2n) is 8.50. The first kappa shape index (κ1) is 21.5. The van der Waals surface area contributed by atoms with Crippen LogP contribution in [0.2, 0.25) is 0 Å². The van der Waals surface area contributed by atoms with Crippen molar-refractivity contribution in [1.29, 1.82) is 0 Å². The monoisotopic (exact) mass is 442 g/mol. The number of piperidine rings is 1. The van der Waals surface area contributed by atoms with Crippen LogP contribution in [0.15, 0.2) is 89.3 Å². The van der Waals surface area contributed by atoms with Crippen molar-refractivity contribution in [1.82, 2.24) is 20.4 Å². The van der Waals surface area contributed by atoms with Gasteiger partial charge in [0.25, 0.3) is 0 Å². The maximum Gasteiger partial charge on any atom is 0.247 e. The lowest BCUT2D eigenvalue weighted by Gasteiger charge is -2.34. The molecule has 33 heavy (non-hydrogen) atoms. The Morgan fingerprint density at radius 1 is 0.879 bits per heavy atom. The summed E-state index contributed by atoms with van der Waals surface area (Å²) in [7, 11) is 0. The third-order valence-electron chi connectivity index (χ3n) is 6.15. The first-order valence-corrected chi connectivity index (χ1v) is 11.4. The van der Waals surface area contributed by atoms with E-state index in [0.29, 0.717) is 17.8 Å². The van der Waals surface area contributed by atoms with E-state index < -0.39 is 0 Å². The van der Waals surface area contributed by atoms with Crippen LogP contribution < -0.4 is 5.32 Å². The van der Waals surface area contributed by atoms with Gasteiger partial charge in [-0.1, -0.05) is 60.7 Å². The Morgan fingerprint density at radius 2 is 1.55 bits per heavy atom. The number of hydrogen-bond acceptors (Lipinski definition) is 5. The van der Waals surface area contributed by atoms with Crippen LogP contribution in [-0.2, 0) is 6.54 Å². The molecule has 1 aromatic heterocycles. The molecule has 1 N–H and O–H groups in total. The average Bonchev–Trinajstić information content (AvgIpc) is 3.36. The van der Waals surface area contributed by atoms with Crippen LogP contribution in [0.5, 0.6) is 0 Å². The van der Waals surface area contributed by atoms with E-state index in [4.69, 9.17) is 4.42 Å². The van der Waals surface area contributed by atoms with Crippen LogP contribution in [-0.4, -0.2) is 34.2 Å². The molecule has 0 aliphatic carbocycles. The summed E-state index contributed by atoms with van der Waals surface area (Å²) in [6.07, 6.45) is 2.04. The maximum absolute atomic E-state index is 13.6. The van der Waals surface area contributed by atoms with Crippen molar-refractivity contribution in [2.24, 2.45) is 0 Å². The second-order valence-corrected chi connectivity index (χ2v) is 8.50. The van der Waals surface area contributed by atoms with Gasteiger partial charge in [-0.15, -0.1) is 10.2 Å². The number of benzene rings is 3. The Balaban J connectivity index is 1.30. The quantitative estimate of drug-likeness (QED) is 0.425. The molecular weight excluding hydrogens is 415 g/mol. The van der Waals surface area contributed by atoms with Crippen molar-refractivity contribution in [3.8, 4) is 11.5 Å². The Bertz CT molecular complexity index is 1140. The highest BCUT2D eigenvalue weighted by Crippen LogP contribution is 2.27. The predicted molar refractivity (Wildman–Crippen MR) is 126 cm³/mol. The van der Waals surface area contributed by atoms with Gasteiger partial charge >= 0.3 is 0 Å². The number of likely N-dealkylation sites (tertiary alicyclic amines) is 1. The molecule has 0 amide bonds. The van der Waals surface area contributed by atoms with Crippen molar-refractivity contribution in [2.45, 2.75) is 31.5 Å². The lowest BCUT2D eigenvalue weighted by molar-refractivity contribution is 0.184. The standard InChI is InChI=1S/C27H27FN4O/c28-23-13-11-21(12-14-23)25(27-31-30-26(33-27)22-9-5-2-6-10-22)29-24-15-17-32(18-16-24)19-20-7-3-1-4-8-20/h1-14,24-25,29H,15-19H2/t25-/m0/s1. The Hall–Kier alpha value is -3.35. The molecule has 1 saturated heterocycles. The van der Waals surface area contributed by atoms with Gasteiger partial charge in [0.1, 0.15) is 11.9 Å². The Kier molecular flexibility index (Phi) is 6.56. The van der Waals surface area contributed by atoms with Gasteiger partial charge in [-0.3, -0.25) is 10.2 Å². The fourth-order valence-corrected chi connectivity index (χ4v) is 4.35. The molecule has 4 aromatic rings. The third kappa shape index (κ3) is 5.35. The van der Waals surface area contributed by atoms with E-state index in [2.05, 4.69) is 50.7 Å². The molecule has 3 aromatic carbocycles. The van der Waals surface area contributed by atoms with E-state index in [1.54, 1.807) is 12.1 Å². The van der Waals surface area contributed by atoms with Crippen molar-refractivity contribution >= 4 is 0 Å². The molecule has 5 nitrogen and oxygen atoms in total. The van der Waals surface area contributed by atoms with Crippen molar-refractivity contribution in [3.05, 3.63) is 108 Å². The van der Waals surface area contributed by atoms with Crippen LogP contribution >= 0.6 is 0 Å². The minimum Gasteiger partial charge on any atom is -0.419 e. The molecular formula is C27H27FN4O. The summed E-state index contributed by atoms with van der Waals surface area (Å²) in [5.41, 5.74) is 3.13. The van der Waals surface area contributed by atoms with Crippen LogP contribution in [0, 0.1) is 5.82 Å². The zero-order chi connectivity index (χ0) is 22.5. The van der Waals surface area contributed by atoms with Crippen molar-refractivity contribution < 1.29 is 8.81 Å². The number of hydrogen-bond donors (Lipinski definition) is 1. The van der Waals surface area contributed by atoms with Crippen LogP contribution in [0.1, 0.15) is 35.9 Å². The van der Waals surface area contributed by atoms with Gasteiger partial charge in [0.2, 0.25) is 11.8 Å². The van der Waals surface area contributed by atoms with E-state index in [9.17, 15) is 4.39 Å². The third-order valence-corrected chi connectivity index (χ3v) is 6.15. The van der Waals surface area contributed by atoms with Gasteiger partial charge < -0.3 is 4.42 Å². The lowest BCUT2D eigenvalue weighted by Crippen LogP contribution is -2.43. The molecule has 0 unspecified atom stereocenters. The summed E-state index contributed by atoms with van der Waals surface area (Å²) in [6.45, 7) is 3.00. The molecule has 2 heterocycles. The molecule has 0 bridgehead atoms. The normalized spacial score (nSPS) is 16.0. The summed E-state index contributed by atoms with van der Waals surface area (Å²) >= 11 is 0. The van der Waals surface area contributed by atoms with E-state index in [1.165, 1.54) is 17.7 Å². The van der Waals surface area contributed by atoms with Gasteiger partial charge in [0.15, 0.2) is 0 Å².